The Kier molecular flexibility index (Phi) is 12.5. The number of amides is 1. The van der Waals surface area contributed by atoms with Crippen LogP contribution in [0.4, 0.5) is 8.78 Å². The fraction of sp³-hybridized carbons (Fsp3) is 0.406. The Labute approximate surface area is 260 Å². The Morgan fingerprint density at radius 3 is 2.38 bits per heavy atom. The van der Waals surface area contributed by atoms with Crippen LogP contribution in [0.5, 0.6) is 5.75 Å². The zero-order valence-corrected chi connectivity index (χ0v) is 26.0. The molecule has 1 amide bonds. The first-order chi connectivity index (χ1) is 20.2. The van der Waals surface area contributed by atoms with Crippen molar-refractivity contribution in [3.63, 3.8) is 0 Å². The fourth-order valence-corrected chi connectivity index (χ4v) is 5.54. The van der Waals surface area contributed by atoms with Crippen LogP contribution in [0.2, 0.25) is 0 Å². The van der Waals surface area contributed by atoms with Crippen LogP contribution >= 0.6 is 22.6 Å². The number of ether oxygens (including phenoxy) is 1. The van der Waals surface area contributed by atoms with Crippen LogP contribution in [0.1, 0.15) is 16.7 Å². The Morgan fingerprint density at radius 1 is 0.976 bits per heavy atom. The fourth-order valence-electron chi connectivity index (χ4n) is 4.93. The minimum atomic E-state index is -0.987. The number of halogens is 3. The summed E-state index contributed by atoms with van der Waals surface area (Å²) >= 11 is 2.24. The number of carbonyl (C=O) groups excluding carboxylic acids is 1. The van der Waals surface area contributed by atoms with E-state index in [4.69, 9.17) is 4.74 Å². The van der Waals surface area contributed by atoms with Gasteiger partial charge < -0.3 is 25.4 Å². The molecule has 0 bridgehead atoms. The molecule has 1 heterocycles. The lowest BCUT2D eigenvalue weighted by atomic mass is 10.00. The third-order valence-corrected chi connectivity index (χ3v) is 7.99. The molecule has 1 aliphatic rings. The molecule has 1 saturated heterocycles. The van der Waals surface area contributed by atoms with Crippen molar-refractivity contribution in [3.8, 4) is 5.75 Å². The molecule has 3 aromatic rings. The quantitative estimate of drug-likeness (QED) is 0.225. The predicted octanol–water partition coefficient (Wildman–Crippen LogP) is 3.62. The Balaban J connectivity index is 1.30. The van der Waals surface area contributed by atoms with Gasteiger partial charge in [0, 0.05) is 55.4 Å². The standard InChI is InChI=1S/C32H39F2IN4O3/c1-38-9-11-39(12-10-38)13-14-42-29-7-5-23(6-8-29)19-32(41)37-30(18-25-15-26(33)20-27(34)16-25)31(40)22-36-21-24-3-2-4-28(35)17-24/h2-8,15-17,20,30-31,36,40H,9-14,18-19,21-22H2,1H3,(H,37,41). The van der Waals surface area contributed by atoms with Crippen LogP contribution in [-0.4, -0.2) is 85.9 Å². The van der Waals surface area contributed by atoms with E-state index in [9.17, 15) is 18.7 Å². The van der Waals surface area contributed by atoms with Gasteiger partial charge in [0.25, 0.3) is 0 Å². The summed E-state index contributed by atoms with van der Waals surface area (Å²) in [7, 11) is 2.13. The molecule has 3 aromatic carbocycles. The van der Waals surface area contributed by atoms with Crippen molar-refractivity contribution in [1.29, 1.82) is 0 Å². The van der Waals surface area contributed by atoms with Gasteiger partial charge in [0.1, 0.15) is 24.0 Å². The van der Waals surface area contributed by atoms with Gasteiger partial charge >= 0.3 is 0 Å². The van der Waals surface area contributed by atoms with E-state index in [0.717, 1.165) is 59.2 Å². The van der Waals surface area contributed by atoms with Gasteiger partial charge in [-0.25, -0.2) is 8.78 Å². The zero-order chi connectivity index (χ0) is 29.9. The predicted molar refractivity (Wildman–Crippen MR) is 168 cm³/mol. The Hall–Kier alpha value is -2.64. The molecule has 0 radical (unpaired) electrons. The van der Waals surface area contributed by atoms with Gasteiger partial charge in [0.05, 0.1) is 18.6 Å². The maximum absolute atomic E-state index is 13.9. The van der Waals surface area contributed by atoms with E-state index in [0.29, 0.717) is 18.7 Å². The molecule has 10 heteroatoms. The molecule has 2 unspecified atom stereocenters. The number of carbonyl (C=O) groups is 1. The number of piperazine rings is 1. The molecular formula is C32H39F2IN4O3. The molecular weight excluding hydrogens is 653 g/mol. The van der Waals surface area contributed by atoms with E-state index in [2.05, 4.69) is 50.1 Å². The number of nitrogens with one attached hydrogen (secondary N) is 2. The Bertz CT molecular complexity index is 1270. The number of aliphatic hydroxyl groups excluding tert-OH is 1. The van der Waals surface area contributed by atoms with Crippen LogP contribution in [-0.2, 0) is 24.2 Å². The van der Waals surface area contributed by atoms with Gasteiger partial charge in [0.15, 0.2) is 0 Å². The first kappa shape index (κ1) is 32.3. The topological polar surface area (TPSA) is 77.1 Å². The Morgan fingerprint density at radius 2 is 1.69 bits per heavy atom. The molecule has 42 heavy (non-hydrogen) atoms. The highest BCUT2D eigenvalue weighted by Crippen LogP contribution is 2.15. The van der Waals surface area contributed by atoms with E-state index in [-0.39, 0.29) is 25.3 Å². The van der Waals surface area contributed by atoms with Gasteiger partial charge in [-0.3, -0.25) is 9.69 Å². The van der Waals surface area contributed by atoms with Crippen molar-refractivity contribution >= 4 is 28.5 Å². The molecule has 1 aliphatic heterocycles. The van der Waals surface area contributed by atoms with Gasteiger partial charge in [-0.05, 0) is 89.1 Å². The second-order valence-corrected chi connectivity index (χ2v) is 12.0. The molecule has 7 nitrogen and oxygen atoms in total. The van der Waals surface area contributed by atoms with Crippen molar-refractivity contribution in [2.75, 3.05) is 52.9 Å². The molecule has 0 aliphatic carbocycles. The van der Waals surface area contributed by atoms with Gasteiger partial charge in [-0.1, -0.05) is 24.3 Å². The van der Waals surface area contributed by atoms with Crippen LogP contribution < -0.4 is 15.4 Å². The van der Waals surface area contributed by atoms with Gasteiger partial charge in [-0.2, -0.15) is 0 Å². The minimum absolute atomic E-state index is 0.0760. The highest BCUT2D eigenvalue weighted by molar-refractivity contribution is 14.1. The monoisotopic (exact) mass is 692 g/mol. The van der Waals surface area contributed by atoms with Crippen LogP contribution in [0.3, 0.4) is 0 Å². The number of likely N-dealkylation sites (N-methyl/N-ethyl adjacent to an activating group) is 1. The molecule has 0 spiro atoms. The SMILES string of the molecule is CN1CCN(CCOc2ccc(CC(=O)NC(Cc3cc(F)cc(F)c3)C(O)CNCc3cccc(I)c3)cc2)CC1. The normalized spacial score (nSPS) is 15.7. The van der Waals surface area contributed by atoms with Crippen LogP contribution in [0, 0.1) is 15.2 Å². The van der Waals surface area contributed by atoms with Crippen molar-refractivity contribution in [3.05, 3.63) is 98.6 Å². The summed E-state index contributed by atoms with van der Waals surface area (Å²) in [5.74, 6) is -0.953. The number of hydrogen-bond acceptors (Lipinski definition) is 6. The number of benzene rings is 3. The second-order valence-electron chi connectivity index (χ2n) is 10.8. The smallest absolute Gasteiger partial charge is 0.224 e. The summed E-state index contributed by atoms with van der Waals surface area (Å²) < 4.78 is 34.7. The summed E-state index contributed by atoms with van der Waals surface area (Å²) in [5, 5.41) is 17.1. The minimum Gasteiger partial charge on any atom is -0.492 e. The maximum atomic E-state index is 13.9. The van der Waals surface area contributed by atoms with Crippen molar-refractivity contribution < 1.29 is 23.4 Å². The third-order valence-electron chi connectivity index (χ3n) is 7.32. The lowest BCUT2D eigenvalue weighted by molar-refractivity contribution is -0.122. The number of aliphatic hydroxyl groups is 1. The third kappa shape index (κ3) is 10.9. The average molecular weight is 693 g/mol. The van der Waals surface area contributed by atoms with E-state index in [1.807, 2.05) is 48.5 Å². The van der Waals surface area contributed by atoms with Crippen LogP contribution in [0.15, 0.2) is 66.7 Å². The average Bonchev–Trinajstić information content (AvgIpc) is 2.94. The summed E-state index contributed by atoms with van der Waals surface area (Å²) in [6.45, 7) is 6.41. The molecule has 0 aromatic heterocycles. The first-order valence-corrected chi connectivity index (χ1v) is 15.3. The zero-order valence-electron chi connectivity index (χ0n) is 23.9. The number of hydrogen-bond donors (Lipinski definition) is 3. The molecule has 4 rings (SSSR count). The second kappa shape index (κ2) is 16.3. The van der Waals surface area contributed by atoms with Crippen molar-refractivity contribution in [2.45, 2.75) is 31.5 Å². The van der Waals surface area contributed by atoms with E-state index in [1.165, 1.54) is 12.1 Å². The summed E-state index contributed by atoms with van der Waals surface area (Å²) in [4.78, 5) is 17.7. The molecule has 1 fully saturated rings. The lowest BCUT2D eigenvalue weighted by Gasteiger charge is -2.32. The summed E-state index contributed by atoms with van der Waals surface area (Å²) in [6.07, 6.45) is -0.816. The van der Waals surface area contributed by atoms with Gasteiger partial charge in [-0.15, -0.1) is 0 Å². The first-order valence-electron chi connectivity index (χ1n) is 14.2. The van der Waals surface area contributed by atoms with Gasteiger partial charge in [0.2, 0.25) is 5.91 Å². The van der Waals surface area contributed by atoms with Crippen molar-refractivity contribution in [2.24, 2.45) is 0 Å². The van der Waals surface area contributed by atoms with Crippen molar-refractivity contribution in [1.82, 2.24) is 20.4 Å². The summed E-state index contributed by atoms with van der Waals surface area (Å²) in [5.41, 5.74) is 2.21. The molecule has 226 valence electrons. The van der Waals surface area contributed by atoms with E-state index >= 15 is 0 Å². The molecule has 2 atom stereocenters. The number of nitrogens with zero attached hydrogens (tertiary/aromatic N) is 2. The lowest BCUT2D eigenvalue weighted by Crippen LogP contribution is -2.49. The highest BCUT2D eigenvalue weighted by Gasteiger charge is 2.23. The number of rotatable bonds is 14. The largest absolute Gasteiger partial charge is 0.492 e. The molecule has 0 saturated carbocycles. The van der Waals surface area contributed by atoms with E-state index < -0.39 is 23.8 Å². The van der Waals surface area contributed by atoms with E-state index in [1.54, 1.807) is 0 Å². The highest BCUT2D eigenvalue weighted by atomic mass is 127. The molecule has 3 N–H and O–H groups in total. The van der Waals surface area contributed by atoms with Crippen LogP contribution in [0.25, 0.3) is 0 Å². The summed E-state index contributed by atoms with van der Waals surface area (Å²) in [6, 6.07) is 17.9. The maximum Gasteiger partial charge on any atom is 0.224 e.